The Bertz CT molecular complexity index is 545. The van der Waals surface area contributed by atoms with Gasteiger partial charge in [0.15, 0.2) is 5.96 Å². The van der Waals surface area contributed by atoms with Crippen molar-refractivity contribution < 1.29 is 13.9 Å². The molecule has 0 spiro atoms. The molecule has 1 aliphatic heterocycles. The highest BCUT2D eigenvalue weighted by Gasteiger charge is 2.14. The largest absolute Gasteiger partial charge is 0.379 e. The van der Waals surface area contributed by atoms with Crippen molar-refractivity contribution >= 4 is 41.7 Å². The number of hydrogen-bond donors (Lipinski definition) is 2. The predicted octanol–water partition coefficient (Wildman–Crippen LogP) is 3.43. The maximum Gasteiger partial charge on any atom is 0.191 e. The van der Waals surface area contributed by atoms with E-state index in [4.69, 9.17) is 9.47 Å². The van der Waals surface area contributed by atoms with E-state index in [0.717, 1.165) is 62.8 Å². The van der Waals surface area contributed by atoms with Gasteiger partial charge in [-0.15, -0.1) is 24.0 Å². The van der Waals surface area contributed by atoms with Crippen molar-refractivity contribution in [1.82, 2.24) is 10.6 Å². The Kier molecular flexibility index (Phi) is 13.9. The van der Waals surface area contributed by atoms with E-state index in [-0.39, 0.29) is 29.8 Å². The van der Waals surface area contributed by atoms with Crippen LogP contribution in [0.3, 0.4) is 0 Å². The van der Waals surface area contributed by atoms with Crippen LogP contribution in [0.25, 0.3) is 0 Å². The molecule has 0 aromatic heterocycles. The normalized spacial score (nSPS) is 16.8. The molecule has 1 aromatic carbocycles. The molecular weight excluding hydrogens is 480 g/mol. The van der Waals surface area contributed by atoms with Crippen LogP contribution >= 0.6 is 35.7 Å². The minimum Gasteiger partial charge on any atom is -0.379 e. The molecule has 1 fully saturated rings. The summed E-state index contributed by atoms with van der Waals surface area (Å²) in [7, 11) is 1.76. The molecular formula is C19H31FIN3O2S. The summed E-state index contributed by atoms with van der Waals surface area (Å²) in [5.41, 5.74) is 0.753. The number of guanidine groups is 1. The van der Waals surface area contributed by atoms with Crippen molar-refractivity contribution in [3.8, 4) is 0 Å². The van der Waals surface area contributed by atoms with Gasteiger partial charge < -0.3 is 20.1 Å². The van der Waals surface area contributed by atoms with Crippen molar-refractivity contribution in [2.24, 2.45) is 4.99 Å². The molecule has 154 valence electrons. The van der Waals surface area contributed by atoms with Crippen LogP contribution in [-0.2, 0) is 15.2 Å². The number of halogens is 2. The highest BCUT2D eigenvalue weighted by molar-refractivity contribution is 14.0. The van der Waals surface area contributed by atoms with Gasteiger partial charge in [0.1, 0.15) is 5.82 Å². The van der Waals surface area contributed by atoms with E-state index >= 15 is 0 Å². The summed E-state index contributed by atoms with van der Waals surface area (Å²) < 4.78 is 24.7. The van der Waals surface area contributed by atoms with Gasteiger partial charge in [-0.3, -0.25) is 4.99 Å². The van der Waals surface area contributed by atoms with E-state index in [1.54, 1.807) is 24.9 Å². The molecule has 0 aliphatic carbocycles. The van der Waals surface area contributed by atoms with Crippen LogP contribution in [0.4, 0.5) is 4.39 Å². The second kappa shape index (κ2) is 15.4. The topological polar surface area (TPSA) is 54.9 Å². The van der Waals surface area contributed by atoms with Gasteiger partial charge in [-0.25, -0.2) is 4.39 Å². The van der Waals surface area contributed by atoms with Gasteiger partial charge >= 0.3 is 0 Å². The third-order valence-electron chi connectivity index (χ3n) is 4.06. The lowest BCUT2D eigenvalue weighted by Gasteiger charge is -2.13. The summed E-state index contributed by atoms with van der Waals surface area (Å²) >= 11 is 1.70. The van der Waals surface area contributed by atoms with Crippen molar-refractivity contribution in [1.29, 1.82) is 0 Å². The molecule has 2 rings (SSSR count). The Morgan fingerprint density at radius 3 is 2.89 bits per heavy atom. The van der Waals surface area contributed by atoms with Crippen LogP contribution in [-0.4, -0.2) is 57.8 Å². The van der Waals surface area contributed by atoms with Crippen molar-refractivity contribution in [3.05, 3.63) is 35.6 Å². The molecule has 1 aliphatic rings. The number of ether oxygens (including phenoxy) is 2. The number of nitrogens with zero attached hydrogens (tertiary/aromatic N) is 1. The molecule has 1 atom stereocenters. The first-order chi connectivity index (χ1) is 12.8. The lowest BCUT2D eigenvalue weighted by Crippen LogP contribution is -2.39. The first-order valence-electron chi connectivity index (χ1n) is 9.24. The fraction of sp³-hybridized carbons (Fsp3) is 0.632. The van der Waals surface area contributed by atoms with Gasteiger partial charge in [0.2, 0.25) is 0 Å². The quantitative estimate of drug-likeness (QED) is 0.207. The van der Waals surface area contributed by atoms with Crippen LogP contribution in [0.5, 0.6) is 0 Å². The fourth-order valence-electron chi connectivity index (χ4n) is 2.63. The molecule has 1 saturated heterocycles. The monoisotopic (exact) mass is 511 g/mol. The maximum absolute atomic E-state index is 13.5. The zero-order chi connectivity index (χ0) is 18.5. The molecule has 1 heterocycles. The second-order valence-corrected chi connectivity index (χ2v) is 7.24. The smallest absolute Gasteiger partial charge is 0.191 e. The van der Waals surface area contributed by atoms with Gasteiger partial charge in [0, 0.05) is 44.9 Å². The van der Waals surface area contributed by atoms with Crippen molar-refractivity contribution in [2.75, 3.05) is 45.7 Å². The first kappa shape index (κ1) is 24.5. The summed E-state index contributed by atoms with van der Waals surface area (Å²) in [6, 6.07) is 6.92. The Morgan fingerprint density at radius 1 is 1.33 bits per heavy atom. The van der Waals surface area contributed by atoms with E-state index < -0.39 is 0 Å². The SMILES string of the molecule is CN=C(NCCCOCC1CCCO1)NCCSCc1ccccc1F.I. The number of benzene rings is 1. The molecule has 27 heavy (non-hydrogen) atoms. The highest BCUT2D eigenvalue weighted by Crippen LogP contribution is 2.14. The van der Waals surface area contributed by atoms with Crippen LogP contribution in [0.15, 0.2) is 29.3 Å². The first-order valence-corrected chi connectivity index (χ1v) is 10.4. The van der Waals surface area contributed by atoms with Gasteiger partial charge in [0.05, 0.1) is 12.7 Å². The highest BCUT2D eigenvalue weighted by atomic mass is 127. The molecule has 8 heteroatoms. The number of rotatable bonds is 11. The third kappa shape index (κ3) is 10.5. The van der Waals surface area contributed by atoms with Crippen LogP contribution in [0.1, 0.15) is 24.8 Å². The van der Waals surface area contributed by atoms with E-state index in [2.05, 4.69) is 15.6 Å². The minimum atomic E-state index is -0.132. The lowest BCUT2D eigenvalue weighted by atomic mass is 10.2. The van der Waals surface area contributed by atoms with Crippen LogP contribution in [0, 0.1) is 5.82 Å². The molecule has 5 nitrogen and oxygen atoms in total. The molecule has 1 unspecified atom stereocenters. The predicted molar refractivity (Wildman–Crippen MR) is 122 cm³/mol. The fourth-order valence-corrected chi connectivity index (χ4v) is 3.48. The summed E-state index contributed by atoms with van der Waals surface area (Å²) in [6.45, 7) is 3.90. The minimum absolute atomic E-state index is 0. The zero-order valence-electron chi connectivity index (χ0n) is 15.9. The van der Waals surface area contributed by atoms with Crippen molar-refractivity contribution in [3.63, 3.8) is 0 Å². The molecule has 0 radical (unpaired) electrons. The summed E-state index contributed by atoms with van der Waals surface area (Å²) in [4.78, 5) is 4.20. The van der Waals surface area contributed by atoms with Crippen molar-refractivity contribution in [2.45, 2.75) is 31.1 Å². The molecule has 0 saturated carbocycles. The Labute approximate surface area is 183 Å². The van der Waals surface area contributed by atoms with E-state index in [0.29, 0.717) is 18.5 Å². The van der Waals surface area contributed by atoms with Gasteiger partial charge in [0.25, 0.3) is 0 Å². The number of nitrogens with one attached hydrogen (secondary N) is 2. The molecule has 1 aromatic rings. The zero-order valence-corrected chi connectivity index (χ0v) is 19.1. The van der Waals surface area contributed by atoms with Gasteiger partial charge in [-0.05, 0) is 30.9 Å². The van der Waals surface area contributed by atoms with E-state index in [1.165, 1.54) is 6.07 Å². The van der Waals surface area contributed by atoms with E-state index in [9.17, 15) is 4.39 Å². The Balaban J connectivity index is 0.00000364. The molecule has 0 bridgehead atoms. The molecule has 0 amide bonds. The summed E-state index contributed by atoms with van der Waals surface area (Å²) in [5, 5.41) is 6.54. The lowest BCUT2D eigenvalue weighted by molar-refractivity contribution is 0.0168. The van der Waals surface area contributed by atoms with Crippen LogP contribution in [0.2, 0.25) is 0 Å². The number of thioether (sulfide) groups is 1. The third-order valence-corrected chi connectivity index (χ3v) is 5.07. The summed E-state index contributed by atoms with van der Waals surface area (Å²) in [5.74, 6) is 2.23. The van der Waals surface area contributed by atoms with Crippen LogP contribution < -0.4 is 10.6 Å². The van der Waals surface area contributed by atoms with Gasteiger partial charge in [-0.2, -0.15) is 11.8 Å². The number of hydrogen-bond acceptors (Lipinski definition) is 4. The Hall–Kier alpha value is -0.580. The van der Waals surface area contributed by atoms with E-state index in [1.807, 2.05) is 12.1 Å². The molecule has 2 N–H and O–H groups in total. The Morgan fingerprint density at radius 2 is 2.15 bits per heavy atom. The maximum atomic E-state index is 13.5. The number of aliphatic imine (C=N–C) groups is 1. The standard InChI is InChI=1S/C19H30FN3O2S.HI/c1-21-19(22-9-5-11-24-14-17-7-4-12-25-17)23-10-13-26-15-16-6-2-3-8-18(16)20;/h2-3,6,8,17H,4-5,7,9-15H2,1H3,(H2,21,22,23);1H. The second-order valence-electron chi connectivity index (χ2n) is 6.13. The average Bonchev–Trinajstić information content (AvgIpc) is 3.17. The summed E-state index contributed by atoms with van der Waals surface area (Å²) in [6.07, 6.45) is 3.48. The average molecular weight is 511 g/mol. The van der Waals surface area contributed by atoms with Gasteiger partial charge in [-0.1, -0.05) is 18.2 Å².